The number of thiophene rings is 1. The molecule has 1 aliphatic carbocycles. The van der Waals surface area contributed by atoms with Gasteiger partial charge in [-0.05, 0) is 104 Å². The van der Waals surface area contributed by atoms with E-state index >= 15 is 0 Å². The van der Waals surface area contributed by atoms with Gasteiger partial charge in [-0.25, -0.2) is 0 Å². The second-order valence-corrected chi connectivity index (χ2v) is 16.6. The second kappa shape index (κ2) is 13.8. The van der Waals surface area contributed by atoms with Crippen LogP contribution in [0.25, 0.3) is 64.7 Å². The monoisotopic (exact) mass is 783 g/mol. The Morgan fingerprint density at radius 2 is 0.900 bits per heavy atom. The van der Waals surface area contributed by atoms with Crippen LogP contribution in [0.5, 0.6) is 0 Å². The van der Waals surface area contributed by atoms with Crippen LogP contribution in [0, 0.1) is 0 Å². The number of hydrogen-bond acceptors (Lipinski definition) is 3. The summed E-state index contributed by atoms with van der Waals surface area (Å²) in [6.45, 7) is 0. The van der Waals surface area contributed by atoms with Gasteiger partial charge in [0, 0.05) is 43.5 Å². The lowest BCUT2D eigenvalue weighted by molar-refractivity contribution is 0.669. The fraction of sp³-hybridized carbons (Fsp3) is 0.0175. The number of para-hydroxylation sites is 1. The number of anilines is 3. The van der Waals surface area contributed by atoms with Crippen molar-refractivity contribution in [2.24, 2.45) is 0 Å². The predicted molar refractivity (Wildman–Crippen MR) is 252 cm³/mol. The van der Waals surface area contributed by atoms with E-state index in [0.717, 1.165) is 39.0 Å². The molecule has 2 heterocycles. The molecule has 0 saturated heterocycles. The summed E-state index contributed by atoms with van der Waals surface area (Å²) in [5, 5.41) is 3.56. The Hall–Kier alpha value is -7.46. The predicted octanol–water partition coefficient (Wildman–Crippen LogP) is 16.0. The minimum Gasteiger partial charge on any atom is -0.456 e. The van der Waals surface area contributed by atoms with Crippen molar-refractivity contribution in [1.82, 2.24) is 0 Å². The summed E-state index contributed by atoms with van der Waals surface area (Å²) in [4.78, 5) is 3.69. The maximum absolute atomic E-state index is 6.42. The highest BCUT2D eigenvalue weighted by molar-refractivity contribution is 7.22. The molecule has 2 aromatic heterocycles. The molecule has 11 aromatic rings. The van der Waals surface area contributed by atoms with Gasteiger partial charge < -0.3 is 9.32 Å². The Kier molecular flexibility index (Phi) is 7.97. The van der Waals surface area contributed by atoms with Crippen molar-refractivity contribution in [3.63, 3.8) is 0 Å². The molecule has 0 N–H and O–H groups in total. The number of furan rings is 1. The first-order valence-electron chi connectivity index (χ1n) is 20.5. The highest BCUT2D eigenvalue weighted by Gasteiger charge is 2.49. The summed E-state index contributed by atoms with van der Waals surface area (Å²) in [7, 11) is 0. The smallest absolute Gasteiger partial charge is 0.137 e. The normalized spacial score (nSPS) is 12.8. The van der Waals surface area contributed by atoms with Gasteiger partial charge in [-0.3, -0.25) is 0 Å². The first kappa shape index (κ1) is 34.6. The van der Waals surface area contributed by atoms with E-state index in [1.165, 1.54) is 65.0 Å². The Bertz CT molecular complexity index is 3310. The lowest BCUT2D eigenvalue weighted by atomic mass is 9.65. The van der Waals surface area contributed by atoms with Crippen molar-refractivity contribution in [1.29, 1.82) is 0 Å². The van der Waals surface area contributed by atoms with Gasteiger partial charge in [-0.15, -0.1) is 11.3 Å². The lowest BCUT2D eigenvalue weighted by Crippen LogP contribution is -2.29. The molecule has 0 fully saturated rings. The van der Waals surface area contributed by atoms with E-state index in [-0.39, 0.29) is 0 Å². The van der Waals surface area contributed by atoms with Crippen LogP contribution in [-0.4, -0.2) is 0 Å². The first-order valence-corrected chi connectivity index (χ1v) is 21.3. The summed E-state index contributed by atoms with van der Waals surface area (Å²) < 4.78 is 7.74. The van der Waals surface area contributed by atoms with Crippen LogP contribution < -0.4 is 4.90 Å². The molecule has 12 rings (SSSR count). The third-order valence-corrected chi connectivity index (χ3v) is 13.6. The molecule has 0 radical (unpaired) electrons. The minimum atomic E-state index is -0.517. The van der Waals surface area contributed by atoms with Gasteiger partial charge in [0.15, 0.2) is 0 Å². The van der Waals surface area contributed by atoms with E-state index in [1.807, 2.05) is 23.5 Å². The van der Waals surface area contributed by atoms with Crippen LogP contribution in [0.3, 0.4) is 0 Å². The van der Waals surface area contributed by atoms with E-state index in [0.29, 0.717) is 0 Å². The fourth-order valence-corrected chi connectivity index (χ4v) is 11.1. The highest BCUT2D eigenvalue weighted by Crippen LogP contribution is 2.62. The van der Waals surface area contributed by atoms with E-state index < -0.39 is 5.41 Å². The molecule has 0 spiro atoms. The Labute approximate surface area is 352 Å². The van der Waals surface area contributed by atoms with Gasteiger partial charge in [0.1, 0.15) is 11.2 Å². The molecule has 0 bridgehead atoms. The summed E-state index contributed by atoms with van der Waals surface area (Å²) >= 11 is 1.91. The number of benzene rings is 9. The molecule has 0 aliphatic heterocycles. The van der Waals surface area contributed by atoms with Crippen LogP contribution in [-0.2, 0) is 5.41 Å². The van der Waals surface area contributed by atoms with Gasteiger partial charge in [0.05, 0.1) is 5.41 Å². The van der Waals surface area contributed by atoms with Gasteiger partial charge in [-0.2, -0.15) is 0 Å². The van der Waals surface area contributed by atoms with Crippen molar-refractivity contribution in [3.8, 4) is 32.7 Å². The van der Waals surface area contributed by atoms with Crippen LogP contribution in [0.1, 0.15) is 22.3 Å². The number of rotatable bonds is 7. The van der Waals surface area contributed by atoms with Crippen LogP contribution in [0.2, 0.25) is 0 Å². The quantitative estimate of drug-likeness (QED) is 0.160. The molecular formula is C57H37NOS. The SMILES string of the molecule is c1ccc(-c2ccc(N(c3ccc(-c4cccc5c4C(c4ccccc4)(c4ccccc4)c4c-5sc5ccccc45)cc3)c3ccc4c(c3)oc3ccccc34)cc2)cc1. The molecule has 282 valence electrons. The molecule has 0 atom stereocenters. The molecule has 3 heteroatoms. The standard InChI is InChI=1S/C57H37NOS/c1-4-15-38(16-5-1)39-27-31-43(32-28-39)58(45-35-36-48-47-21-10-12-25-51(47)59-52(48)37-45)44-33-29-40(30-34-44)46-23-14-24-50-54(46)57(41-17-6-2-7-18-41,42-19-8-3-9-20-42)55-49-22-11-13-26-53(49)60-56(50)55/h1-37H. The van der Waals surface area contributed by atoms with Crippen molar-refractivity contribution in [2.45, 2.75) is 5.41 Å². The molecule has 60 heavy (non-hydrogen) atoms. The van der Waals surface area contributed by atoms with Crippen molar-refractivity contribution in [2.75, 3.05) is 4.90 Å². The minimum absolute atomic E-state index is 0.517. The first-order chi connectivity index (χ1) is 29.8. The number of hydrogen-bond donors (Lipinski definition) is 0. The summed E-state index contributed by atoms with van der Waals surface area (Å²) in [6, 6.07) is 81.6. The maximum Gasteiger partial charge on any atom is 0.137 e. The van der Waals surface area contributed by atoms with Gasteiger partial charge in [-0.1, -0.05) is 170 Å². The summed E-state index contributed by atoms with van der Waals surface area (Å²) in [5.41, 5.74) is 15.8. The molecule has 0 amide bonds. The topological polar surface area (TPSA) is 16.4 Å². The largest absolute Gasteiger partial charge is 0.456 e. The third-order valence-electron chi connectivity index (χ3n) is 12.4. The Morgan fingerprint density at radius 1 is 0.367 bits per heavy atom. The third kappa shape index (κ3) is 5.26. The average molecular weight is 784 g/mol. The lowest BCUT2D eigenvalue weighted by Gasteiger charge is -2.35. The van der Waals surface area contributed by atoms with Crippen LogP contribution >= 0.6 is 11.3 Å². The van der Waals surface area contributed by atoms with E-state index in [2.05, 4.69) is 217 Å². The Balaban J connectivity index is 1.04. The molecule has 2 nitrogen and oxygen atoms in total. The van der Waals surface area contributed by atoms with Crippen molar-refractivity contribution < 1.29 is 4.42 Å². The van der Waals surface area contributed by atoms with Gasteiger partial charge in [0.2, 0.25) is 0 Å². The van der Waals surface area contributed by atoms with E-state index in [1.54, 1.807) is 0 Å². The molecule has 0 unspecified atom stereocenters. The highest BCUT2D eigenvalue weighted by atomic mass is 32.1. The average Bonchev–Trinajstić information content (AvgIpc) is 3.99. The van der Waals surface area contributed by atoms with Crippen molar-refractivity contribution in [3.05, 3.63) is 247 Å². The zero-order valence-electron chi connectivity index (χ0n) is 32.6. The van der Waals surface area contributed by atoms with E-state index in [9.17, 15) is 0 Å². The number of nitrogens with zero attached hydrogens (tertiary/aromatic N) is 1. The maximum atomic E-state index is 6.42. The zero-order chi connectivity index (χ0) is 39.6. The fourth-order valence-electron chi connectivity index (χ4n) is 9.76. The molecule has 0 saturated carbocycles. The molecule has 1 aliphatic rings. The second-order valence-electron chi connectivity index (χ2n) is 15.6. The van der Waals surface area contributed by atoms with Gasteiger partial charge >= 0.3 is 0 Å². The van der Waals surface area contributed by atoms with Gasteiger partial charge in [0.25, 0.3) is 0 Å². The summed E-state index contributed by atoms with van der Waals surface area (Å²) in [5.74, 6) is 0. The van der Waals surface area contributed by atoms with E-state index in [4.69, 9.17) is 4.42 Å². The number of fused-ring (bicyclic) bond motifs is 8. The molecule has 9 aromatic carbocycles. The molecular weight excluding hydrogens is 747 g/mol. The Morgan fingerprint density at radius 3 is 1.60 bits per heavy atom. The summed E-state index contributed by atoms with van der Waals surface area (Å²) in [6.07, 6.45) is 0. The van der Waals surface area contributed by atoms with Crippen LogP contribution in [0.4, 0.5) is 17.1 Å². The van der Waals surface area contributed by atoms with Crippen molar-refractivity contribution >= 4 is 60.4 Å². The van der Waals surface area contributed by atoms with Crippen LogP contribution in [0.15, 0.2) is 229 Å². The zero-order valence-corrected chi connectivity index (χ0v) is 33.4.